The van der Waals surface area contributed by atoms with Crippen LogP contribution in [0, 0.1) is 13.8 Å². The molecule has 6 heteroatoms. The van der Waals surface area contributed by atoms with Crippen LogP contribution in [-0.4, -0.2) is 60.4 Å². The number of hydrogen-bond acceptors (Lipinski definition) is 4. The molecule has 2 aliphatic rings. The van der Waals surface area contributed by atoms with E-state index in [4.69, 9.17) is 4.42 Å². The first-order chi connectivity index (χ1) is 13.0. The van der Waals surface area contributed by atoms with Crippen LogP contribution in [0.25, 0.3) is 11.0 Å². The van der Waals surface area contributed by atoms with Crippen molar-refractivity contribution in [3.63, 3.8) is 0 Å². The Morgan fingerprint density at radius 2 is 1.89 bits per heavy atom. The van der Waals surface area contributed by atoms with Crippen molar-refractivity contribution in [1.29, 1.82) is 0 Å². The summed E-state index contributed by atoms with van der Waals surface area (Å²) in [6.07, 6.45) is 4.29. The summed E-state index contributed by atoms with van der Waals surface area (Å²) in [5, 5.41) is 4.05. The predicted octanol–water partition coefficient (Wildman–Crippen LogP) is 2.01. The highest BCUT2D eigenvalue weighted by Crippen LogP contribution is 2.27. The van der Waals surface area contributed by atoms with Crippen molar-refractivity contribution in [3.8, 4) is 0 Å². The van der Waals surface area contributed by atoms with Gasteiger partial charge in [0.2, 0.25) is 11.8 Å². The van der Waals surface area contributed by atoms with E-state index in [9.17, 15) is 9.59 Å². The molecule has 2 aromatic rings. The Bertz CT molecular complexity index is 861. The maximum atomic E-state index is 12.7. The molecule has 4 rings (SSSR count). The van der Waals surface area contributed by atoms with E-state index in [1.54, 1.807) is 6.26 Å². The fraction of sp³-hybridized carbons (Fsp3) is 0.524. The zero-order valence-corrected chi connectivity index (χ0v) is 16.1. The van der Waals surface area contributed by atoms with E-state index in [0.29, 0.717) is 32.1 Å². The van der Waals surface area contributed by atoms with Crippen molar-refractivity contribution in [2.45, 2.75) is 39.2 Å². The van der Waals surface area contributed by atoms with Crippen LogP contribution in [0.5, 0.6) is 0 Å². The number of piperazine rings is 1. The van der Waals surface area contributed by atoms with Gasteiger partial charge in [-0.2, -0.15) is 0 Å². The van der Waals surface area contributed by atoms with E-state index < -0.39 is 0 Å². The highest BCUT2D eigenvalue weighted by atomic mass is 16.3. The highest BCUT2D eigenvalue weighted by molar-refractivity contribution is 5.89. The third kappa shape index (κ3) is 4.00. The molecule has 27 heavy (non-hydrogen) atoms. The van der Waals surface area contributed by atoms with Crippen LogP contribution in [0.2, 0.25) is 0 Å². The van der Waals surface area contributed by atoms with Crippen LogP contribution in [-0.2, 0) is 16.0 Å². The molecule has 1 saturated heterocycles. The van der Waals surface area contributed by atoms with Crippen LogP contribution in [0.1, 0.15) is 29.5 Å². The van der Waals surface area contributed by atoms with Crippen molar-refractivity contribution in [3.05, 3.63) is 35.1 Å². The van der Waals surface area contributed by atoms with E-state index in [1.807, 2.05) is 17.9 Å². The molecule has 1 N–H and O–H groups in total. The number of nitrogens with one attached hydrogen (secondary N) is 1. The summed E-state index contributed by atoms with van der Waals surface area (Å²) >= 11 is 0. The van der Waals surface area contributed by atoms with Gasteiger partial charge in [-0.3, -0.25) is 14.5 Å². The summed E-state index contributed by atoms with van der Waals surface area (Å²) in [7, 11) is 0. The van der Waals surface area contributed by atoms with Gasteiger partial charge < -0.3 is 14.6 Å². The Hall–Kier alpha value is -2.34. The number of aryl methyl sites for hydroxylation is 2. The number of carbonyl (C=O) groups excluding carboxylic acids is 2. The number of carbonyl (C=O) groups is 2. The van der Waals surface area contributed by atoms with Gasteiger partial charge in [-0.05, 0) is 37.8 Å². The van der Waals surface area contributed by atoms with E-state index in [0.717, 1.165) is 48.0 Å². The second-order valence-electron chi connectivity index (χ2n) is 7.82. The molecule has 1 aliphatic heterocycles. The average molecular weight is 369 g/mol. The molecule has 1 aromatic carbocycles. The summed E-state index contributed by atoms with van der Waals surface area (Å²) in [5.41, 5.74) is 4.15. The van der Waals surface area contributed by atoms with E-state index >= 15 is 0 Å². The summed E-state index contributed by atoms with van der Waals surface area (Å²) in [6.45, 7) is 7.37. The Balaban J connectivity index is 1.32. The van der Waals surface area contributed by atoms with Gasteiger partial charge in [-0.1, -0.05) is 12.1 Å². The number of fused-ring (bicyclic) bond motifs is 1. The van der Waals surface area contributed by atoms with E-state index in [1.165, 1.54) is 5.56 Å². The maximum absolute atomic E-state index is 12.7. The Labute approximate surface area is 159 Å². The zero-order valence-electron chi connectivity index (χ0n) is 16.1. The molecule has 0 unspecified atom stereocenters. The molecule has 2 amide bonds. The number of hydrogen-bond donors (Lipinski definition) is 1. The van der Waals surface area contributed by atoms with E-state index in [2.05, 4.69) is 23.2 Å². The van der Waals surface area contributed by atoms with Crippen molar-refractivity contribution >= 4 is 22.8 Å². The first kappa shape index (κ1) is 18.0. The fourth-order valence-electron chi connectivity index (χ4n) is 3.66. The van der Waals surface area contributed by atoms with Crippen LogP contribution in [0.3, 0.4) is 0 Å². The molecule has 0 bridgehead atoms. The second-order valence-corrected chi connectivity index (χ2v) is 7.82. The Morgan fingerprint density at radius 1 is 1.15 bits per heavy atom. The van der Waals surface area contributed by atoms with Crippen LogP contribution in [0.15, 0.2) is 22.8 Å². The number of benzene rings is 1. The third-order valence-electron chi connectivity index (χ3n) is 5.72. The minimum absolute atomic E-state index is 0.104. The van der Waals surface area contributed by atoms with E-state index in [-0.39, 0.29) is 11.8 Å². The highest BCUT2D eigenvalue weighted by Gasteiger charge is 2.26. The second kappa shape index (κ2) is 7.35. The summed E-state index contributed by atoms with van der Waals surface area (Å²) in [6, 6.07) is 4.52. The SMILES string of the molecule is Cc1ccc2c(CC(=O)N3CCN(CC(=O)NC4CC4)CC3)coc2c1C. The van der Waals surface area contributed by atoms with Gasteiger partial charge >= 0.3 is 0 Å². The minimum Gasteiger partial charge on any atom is -0.464 e. The van der Waals surface area contributed by atoms with Crippen LogP contribution < -0.4 is 5.32 Å². The molecule has 1 aromatic heterocycles. The lowest BCUT2D eigenvalue weighted by Crippen LogP contribution is -2.51. The van der Waals surface area contributed by atoms with Crippen molar-refractivity contribution < 1.29 is 14.0 Å². The van der Waals surface area contributed by atoms with Crippen LogP contribution >= 0.6 is 0 Å². The molecule has 6 nitrogen and oxygen atoms in total. The lowest BCUT2D eigenvalue weighted by molar-refractivity contribution is -0.132. The molecule has 2 heterocycles. The van der Waals surface area contributed by atoms with Gasteiger partial charge in [0, 0.05) is 43.2 Å². The smallest absolute Gasteiger partial charge is 0.234 e. The lowest BCUT2D eigenvalue weighted by atomic mass is 10.0. The molecule has 1 saturated carbocycles. The number of furan rings is 1. The van der Waals surface area contributed by atoms with Gasteiger partial charge in [0.1, 0.15) is 5.58 Å². The number of nitrogens with zero attached hydrogens (tertiary/aromatic N) is 2. The minimum atomic E-state index is 0.104. The first-order valence-electron chi connectivity index (χ1n) is 9.77. The standard InChI is InChI=1S/C21H27N3O3/c1-14-3-6-18-16(13-27-21(18)15(14)2)11-20(26)24-9-7-23(8-10-24)12-19(25)22-17-4-5-17/h3,6,13,17H,4-5,7-12H2,1-2H3,(H,22,25). The molecular formula is C21H27N3O3. The van der Waals surface area contributed by atoms with Gasteiger partial charge in [0.15, 0.2) is 0 Å². The first-order valence-corrected chi connectivity index (χ1v) is 9.77. The number of amides is 2. The monoisotopic (exact) mass is 369 g/mol. The largest absolute Gasteiger partial charge is 0.464 e. The maximum Gasteiger partial charge on any atom is 0.234 e. The average Bonchev–Trinajstić information content (AvgIpc) is 3.37. The van der Waals surface area contributed by atoms with Crippen LogP contribution in [0.4, 0.5) is 0 Å². The molecule has 2 fully saturated rings. The molecule has 1 aliphatic carbocycles. The quantitative estimate of drug-likeness (QED) is 0.876. The summed E-state index contributed by atoms with van der Waals surface area (Å²) in [4.78, 5) is 28.7. The van der Waals surface area contributed by atoms with Crippen molar-refractivity contribution in [1.82, 2.24) is 15.1 Å². The van der Waals surface area contributed by atoms with Gasteiger partial charge in [-0.15, -0.1) is 0 Å². The molecule has 0 spiro atoms. The zero-order chi connectivity index (χ0) is 19.0. The molecule has 0 atom stereocenters. The normalized spacial score (nSPS) is 18.1. The molecule has 144 valence electrons. The Morgan fingerprint density at radius 3 is 2.59 bits per heavy atom. The fourth-order valence-corrected chi connectivity index (χ4v) is 3.66. The Kier molecular flexibility index (Phi) is 4.91. The topological polar surface area (TPSA) is 65.8 Å². The van der Waals surface area contributed by atoms with Crippen molar-refractivity contribution in [2.75, 3.05) is 32.7 Å². The summed E-state index contributed by atoms with van der Waals surface area (Å²) in [5.74, 6) is 0.228. The van der Waals surface area contributed by atoms with Gasteiger partial charge in [0.25, 0.3) is 0 Å². The molecule has 0 radical (unpaired) electrons. The lowest BCUT2D eigenvalue weighted by Gasteiger charge is -2.34. The third-order valence-corrected chi connectivity index (χ3v) is 5.72. The van der Waals surface area contributed by atoms with Crippen molar-refractivity contribution in [2.24, 2.45) is 0 Å². The summed E-state index contributed by atoms with van der Waals surface area (Å²) < 4.78 is 5.72. The number of rotatable bonds is 5. The van der Waals surface area contributed by atoms with Gasteiger partial charge in [0.05, 0.1) is 19.2 Å². The predicted molar refractivity (Wildman–Crippen MR) is 104 cm³/mol. The van der Waals surface area contributed by atoms with Gasteiger partial charge in [-0.25, -0.2) is 0 Å². The molecular weight excluding hydrogens is 342 g/mol.